The van der Waals surface area contributed by atoms with Gasteiger partial charge < -0.3 is 24.8 Å². The van der Waals surface area contributed by atoms with Gasteiger partial charge in [-0.3, -0.25) is 4.79 Å². The summed E-state index contributed by atoms with van der Waals surface area (Å²) in [4.78, 5) is 25.0. The smallest absolute Gasteiger partial charge is 0.317 e. The molecular weight excluding hydrogens is 324 g/mol. The van der Waals surface area contributed by atoms with Crippen molar-refractivity contribution in [3.8, 4) is 11.5 Å². The molecule has 2 amide bonds. The summed E-state index contributed by atoms with van der Waals surface area (Å²) in [6, 6.07) is 5.43. The molecule has 0 aromatic heterocycles. The number of aryl methyl sites for hydroxylation is 1. The molecule has 0 bridgehead atoms. The van der Waals surface area contributed by atoms with Crippen molar-refractivity contribution in [1.82, 2.24) is 10.2 Å². The summed E-state index contributed by atoms with van der Waals surface area (Å²) in [5, 5.41) is 12.1. The number of hydrogen-bond donors (Lipinski definition) is 2. The van der Waals surface area contributed by atoms with Gasteiger partial charge in [0.2, 0.25) is 0 Å². The van der Waals surface area contributed by atoms with Crippen molar-refractivity contribution in [2.24, 2.45) is 5.41 Å². The van der Waals surface area contributed by atoms with E-state index in [1.54, 1.807) is 26.0 Å². The molecule has 0 radical (unpaired) electrons. The molecule has 138 valence electrons. The van der Waals surface area contributed by atoms with Crippen LogP contribution in [-0.4, -0.2) is 55.9 Å². The number of carboxylic acid groups (broad SMARTS) is 1. The van der Waals surface area contributed by atoms with Crippen LogP contribution in [0.4, 0.5) is 4.79 Å². The number of nitrogens with one attached hydrogen (secondary N) is 1. The molecule has 0 spiro atoms. The van der Waals surface area contributed by atoms with E-state index in [1.807, 2.05) is 18.2 Å². The highest BCUT2D eigenvalue weighted by Gasteiger charge is 2.42. The number of carbonyl (C=O) groups is 2. The number of urea groups is 1. The van der Waals surface area contributed by atoms with E-state index in [9.17, 15) is 14.7 Å². The standard InChI is InChI=1S/C18H26N2O5/c1-18(16(21)22)8-10-20(12-18)17(23)19-9-4-5-13-11-14(24-2)6-7-15(13)25-3/h6-7,11H,4-5,8-10,12H2,1-3H3,(H,19,23)(H,21,22). The summed E-state index contributed by atoms with van der Waals surface area (Å²) in [6.45, 7) is 2.91. The number of nitrogens with zero attached hydrogens (tertiary/aromatic N) is 1. The van der Waals surface area contributed by atoms with Crippen molar-refractivity contribution in [1.29, 1.82) is 0 Å². The van der Waals surface area contributed by atoms with E-state index < -0.39 is 11.4 Å². The van der Waals surface area contributed by atoms with Gasteiger partial charge in [-0.05, 0) is 49.9 Å². The fourth-order valence-electron chi connectivity index (χ4n) is 2.97. The van der Waals surface area contributed by atoms with Crippen LogP contribution in [0.3, 0.4) is 0 Å². The van der Waals surface area contributed by atoms with Crippen LogP contribution in [0.15, 0.2) is 18.2 Å². The molecule has 1 unspecified atom stereocenters. The van der Waals surface area contributed by atoms with Crippen LogP contribution >= 0.6 is 0 Å². The Kier molecular flexibility index (Phi) is 6.12. The number of aliphatic carboxylic acids is 1. The lowest BCUT2D eigenvalue weighted by atomic mass is 9.90. The molecule has 1 atom stereocenters. The molecule has 1 heterocycles. The maximum Gasteiger partial charge on any atom is 0.317 e. The Balaban J connectivity index is 1.80. The maximum atomic E-state index is 12.2. The molecule has 25 heavy (non-hydrogen) atoms. The first-order chi connectivity index (χ1) is 11.9. The average Bonchev–Trinajstić information content (AvgIpc) is 3.02. The van der Waals surface area contributed by atoms with Gasteiger partial charge in [-0.1, -0.05) is 0 Å². The summed E-state index contributed by atoms with van der Waals surface area (Å²) in [7, 11) is 3.24. The molecule has 1 saturated heterocycles. The predicted octanol–water partition coefficient (Wildman–Crippen LogP) is 2.14. The van der Waals surface area contributed by atoms with Crippen molar-refractivity contribution in [3.05, 3.63) is 23.8 Å². The number of carboxylic acids is 1. The summed E-state index contributed by atoms with van der Waals surface area (Å²) in [6.07, 6.45) is 1.98. The number of likely N-dealkylation sites (tertiary alicyclic amines) is 1. The van der Waals surface area contributed by atoms with Crippen LogP contribution < -0.4 is 14.8 Å². The van der Waals surface area contributed by atoms with Crippen LogP contribution in [0.5, 0.6) is 11.5 Å². The second kappa shape index (κ2) is 8.09. The predicted molar refractivity (Wildman–Crippen MR) is 93.2 cm³/mol. The van der Waals surface area contributed by atoms with Crippen molar-refractivity contribution >= 4 is 12.0 Å². The minimum Gasteiger partial charge on any atom is -0.497 e. The van der Waals surface area contributed by atoms with E-state index in [4.69, 9.17) is 9.47 Å². The van der Waals surface area contributed by atoms with Gasteiger partial charge in [0.15, 0.2) is 0 Å². The van der Waals surface area contributed by atoms with Gasteiger partial charge in [0.05, 0.1) is 19.6 Å². The van der Waals surface area contributed by atoms with E-state index in [2.05, 4.69) is 5.32 Å². The molecule has 1 aliphatic rings. The summed E-state index contributed by atoms with van der Waals surface area (Å²) in [5.41, 5.74) is 0.182. The van der Waals surface area contributed by atoms with Gasteiger partial charge in [-0.15, -0.1) is 0 Å². The molecule has 1 aromatic rings. The third-order valence-electron chi connectivity index (χ3n) is 4.66. The van der Waals surface area contributed by atoms with Gasteiger partial charge in [-0.25, -0.2) is 4.79 Å². The first-order valence-electron chi connectivity index (χ1n) is 8.36. The Morgan fingerprint density at radius 3 is 2.68 bits per heavy atom. The second-order valence-electron chi connectivity index (χ2n) is 6.55. The Bertz CT molecular complexity index is 634. The number of methoxy groups -OCH3 is 2. The van der Waals surface area contributed by atoms with E-state index in [-0.39, 0.29) is 12.6 Å². The van der Waals surface area contributed by atoms with E-state index in [1.165, 1.54) is 0 Å². The number of ether oxygens (including phenoxy) is 2. The van der Waals surface area contributed by atoms with Gasteiger partial charge >= 0.3 is 12.0 Å². The highest BCUT2D eigenvalue weighted by Crippen LogP contribution is 2.30. The monoisotopic (exact) mass is 350 g/mol. The second-order valence-corrected chi connectivity index (χ2v) is 6.55. The molecule has 2 rings (SSSR count). The van der Waals surface area contributed by atoms with Crippen LogP contribution in [0.2, 0.25) is 0 Å². The summed E-state index contributed by atoms with van der Waals surface area (Å²) >= 11 is 0. The third-order valence-corrected chi connectivity index (χ3v) is 4.66. The molecule has 2 N–H and O–H groups in total. The van der Waals surface area contributed by atoms with Crippen LogP contribution in [0, 0.1) is 5.41 Å². The van der Waals surface area contributed by atoms with Crippen LogP contribution in [0.1, 0.15) is 25.3 Å². The largest absolute Gasteiger partial charge is 0.497 e. The average molecular weight is 350 g/mol. The Hall–Kier alpha value is -2.44. The number of benzene rings is 1. The zero-order chi connectivity index (χ0) is 18.4. The lowest BCUT2D eigenvalue weighted by Crippen LogP contribution is -2.41. The van der Waals surface area contributed by atoms with E-state index in [0.717, 1.165) is 29.9 Å². The van der Waals surface area contributed by atoms with Crippen LogP contribution in [-0.2, 0) is 11.2 Å². The first-order valence-corrected chi connectivity index (χ1v) is 8.36. The topological polar surface area (TPSA) is 88.1 Å². The minimum atomic E-state index is -0.854. The molecular formula is C18H26N2O5. The van der Waals surface area contributed by atoms with Crippen molar-refractivity contribution in [2.75, 3.05) is 33.9 Å². The van der Waals surface area contributed by atoms with Crippen LogP contribution in [0.25, 0.3) is 0 Å². The molecule has 1 fully saturated rings. The van der Waals surface area contributed by atoms with Gasteiger partial charge in [0.1, 0.15) is 11.5 Å². The molecule has 0 saturated carbocycles. The zero-order valence-electron chi connectivity index (χ0n) is 15.0. The molecule has 1 aliphatic heterocycles. The lowest BCUT2D eigenvalue weighted by molar-refractivity contribution is -0.147. The summed E-state index contributed by atoms with van der Waals surface area (Å²) < 4.78 is 10.6. The molecule has 7 nitrogen and oxygen atoms in total. The quantitative estimate of drug-likeness (QED) is 0.736. The SMILES string of the molecule is COc1ccc(OC)c(CCCNC(=O)N2CCC(C)(C(=O)O)C2)c1. The minimum absolute atomic E-state index is 0.206. The highest BCUT2D eigenvalue weighted by molar-refractivity contribution is 5.79. The summed E-state index contributed by atoms with van der Waals surface area (Å²) in [5.74, 6) is 0.710. The van der Waals surface area contributed by atoms with E-state index in [0.29, 0.717) is 19.5 Å². The van der Waals surface area contributed by atoms with Crippen molar-refractivity contribution in [3.63, 3.8) is 0 Å². The molecule has 7 heteroatoms. The Labute approximate surface area is 147 Å². The molecule has 0 aliphatic carbocycles. The zero-order valence-corrected chi connectivity index (χ0v) is 15.0. The highest BCUT2D eigenvalue weighted by atomic mass is 16.5. The van der Waals surface area contributed by atoms with Crippen molar-refractivity contribution < 1.29 is 24.2 Å². The van der Waals surface area contributed by atoms with Gasteiger partial charge in [-0.2, -0.15) is 0 Å². The fourth-order valence-corrected chi connectivity index (χ4v) is 2.97. The Morgan fingerprint density at radius 1 is 1.32 bits per heavy atom. The number of rotatable bonds is 7. The number of amides is 2. The van der Waals surface area contributed by atoms with Gasteiger partial charge in [0, 0.05) is 19.6 Å². The first kappa shape index (κ1) is 18.9. The normalized spacial score (nSPS) is 19.6. The van der Waals surface area contributed by atoms with Crippen molar-refractivity contribution in [2.45, 2.75) is 26.2 Å². The third kappa shape index (κ3) is 4.55. The number of carbonyl (C=O) groups excluding carboxylic acids is 1. The fraction of sp³-hybridized carbons (Fsp3) is 0.556. The van der Waals surface area contributed by atoms with E-state index >= 15 is 0 Å². The lowest BCUT2D eigenvalue weighted by Gasteiger charge is -2.20. The maximum absolute atomic E-state index is 12.2. The number of hydrogen-bond acceptors (Lipinski definition) is 4. The van der Waals surface area contributed by atoms with Gasteiger partial charge in [0.25, 0.3) is 0 Å². The Morgan fingerprint density at radius 2 is 2.08 bits per heavy atom. The molecule has 1 aromatic carbocycles.